The third-order valence-corrected chi connectivity index (χ3v) is 4.05. The highest BCUT2D eigenvalue weighted by atomic mass is 35.5. The van der Waals surface area contributed by atoms with Crippen molar-refractivity contribution in [1.29, 1.82) is 0 Å². The van der Waals surface area contributed by atoms with E-state index in [9.17, 15) is 4.79 Å². The Morgan fingerprint density at radius 1 is 1.36 bits per heavy atom. The Hall–Kier alpha value is -1.26. The van der Waals surface area contributed by atoms with Crippen LogP contribution in [0.3, 0.4) is 0 Å². The van der Waals surface area contributed by atoms with Crippen LogP contribution in [-0.4, -0.2) is 43.6 Å². The van der Waals surface area contributed by atoms with Gasteiger partial charge in [0.05, 0.1) is 0 Å². The molecule has 1 heterocycles. The van der Waals surface area contributed by atoms with Crippen LogP contribution in [-0.2, 0) is 4.79 Å². The fourth-order valence-electron chi connectivity index (χ4n) is 2.79. The van der Waals surface area contributed by atoms with Crippen LogP contribution in [0.15, 0.2) is 24.3 Å². The molecule has 1 saturated heterocycles. The van der Waals surface area contributed by atoms with Crippen LogP contribution in [0.2, 0.25) is 0 Å². The number of likely N-dealkylation sites (N-methyl/N-ethyl adjacent to an activating group) is 1. The SMILES string of the molecule is CNCC1CCCN1C(=O)COc1ccc(C(C)C)cc1.Cl. The molecule has 0 spiro atoms. The van der Waals surface area contributed by atoms with Crippen LogP contribution >= 0.6 is 12.4 Å². The molecule has 0 bridgehead atoms. The lowest BCUT2D eigenvalue weighted by molar-refractivity contribution is -0.134. The summed E-state index contributed by atoms with van der Waals surface area (Å²) < 4.78 is 5.63. The normalized spacial score (nSPS) is 17.5. The number of rotatable bonds is 6. The topological polar surface area (TPSA) is 41.6 Å². The molecule has 1 unspecified atom stereocenters. The fraction of sp³-hybridized carbons (Fsp3) is 0.588. The molecule has 1 N–H and O–H groups in total. The minimum atomic E-state index is 0. The van der Waals surface area contributed by atoms with E-state index < -0.39 is 0 Å². The minimum absolute atomic E-state index is 0. The van der Waals surface area contributed by atoms with Gasteiger partial charge < -0.3 is 15.0 Å². The number of hydrogen-bond acceptors (Lipinski definition) is 3. The summed E-state index contributed by atoms with van der Waals surface area (Å²) in [5.41, 5.74) is 1.28. The molecule has 2 rings (SSSR count). The molecule has 0 aromatic heterocycles. The highest BCUT2D eigenvalue weighted by molar-refractivity contribution is 5.85. The zero-order valence-electron chi connectivity index (χ0n) is 13.7. The Kier molecular flexibility index (Phi) is 7.69. The van der Waals surface area contributed by atoms with E-state index in [1.165, 1.54) is 5.56 Å². The minimum Gasteiger partial charge on any atom is -0.484 e. The summed E-state index contributed by atoms with van der Waals surface area (Å²) in [5.74, 6) is 1.35. The van der Waals surface area contributed by atoms with Gasteiger partial charge in [-0.05, 0) is 43.5 Å². The van der Waals surface area contributed by atoms with Gasteiger partial charge in [-0.2, -0.15) is 0 Å². The number of halogens is 1. The molecular weight excluding hydrogens is 300 g/mol. The van der Waals surface area contributed by atoms with Gasteiger partial charge >= 0.3 is 0 Å². The molecule has 1 amide bonds. The van der Waals surface area contributed by atoms with Crippen molar-refractivity contribution in [2.24, 2.45) is 0 Å². The van der Waals surface area contributed by atoms with Crippen molar-refractivity contribution in [3.8, 4) is 5.75 Å². The van der Waals surface area contributed by atoms with Crippen molar-refractivity contribution in [3.63, 3.8) is 0 Å². The summed E-state index contributed by atoms with van der Waals surface area (Å²) in [6.07, 6.45) is 2.16. The van der Waals surface area contributed by atoms with E-state index in [-0.39, 0.29) is 24.9 Å². The molecule has 1 aliphatic rings. The highest BCUT2D eigenvalue weighted by Gasteiger charge is 2.28. The van der Waals surface area contributed by atoms with Crippen molar-refractivity contribution in [3.05, 3.63) is 29.8 Å². The number of hydrogen-bond donors (Lipinski definition) is 1. The van der Waals surface area contributed by atoms with Crippen molar-refractivity contribution in [2.75, 3.05) is 26.7 Å². The quantitative estimate of drug-likeness (QED) is 0.874. The van der Waals surface area contributed by atoms with Crippen LogP contribution in [0.1, 0.15) is 38.2 Å². The molecule has 124 valence electrons. The Morgan fingerprint density at radius 3 is 2.64 bits per heavy atom. The molecule has 1 fully saturated rings. The molecule has 1 atom stereocenters. The zero-order valence-corrected chi connectivity index (χ0v) is 14.5. The first-order valence-corrected chi connectivity index (χ1v) is 7.78. The number of nitrogens with zero attached hydrogens (tertiary/aromatic N) is 1. The summed E-state index contributed by atoms with van der Waals surface area (Å²) in [5, 5.41) is 3.15. The average molecular weight is 327 g/mol. The van der Waals surface area contributed by atoms with Gasteiger partial charge in [-0.3, -0.25) is 4.79 Å². The number of likely N-dealkylation sites (tertiary alicyclic amines) is 1. The first-order valence-electron chi connectivity index (χ1n) is 7.78. The monoisotopic (exact) mass is 326 g/mol. The first kappa shape index (κ1) is 18.8. The van der Waals surface area contributed by atoms with Gasteiger partial charge in [0, 0.05) is 19.1 Å². The standard InChI is InChI=1S/C17H26N2O2.ClH/c1-13(2)14-6-8-16(9-7-14)21-12-17(20)19-10-4-5-15(19)11-18-3;/h6-9,13,15,18H,4-5,10-12H2,1-3H3;1H. The lowest BCUT2D eigenvalue weighted by Gasteiger charge is -2.24. The van der Waals surface area contributed by atoms with Crippen LogP contribution < -0.4 is 10.1 Å². The third-order valence-electron chi connectivity index (χ3n) is 4.05. The summed E-state index contributed by atoms with van der Waals surface area (Å²) in [6.45, 7) is 6.15. The van der Waals surface area contributed by atoms with Gasteiger partial charge in [0.1, 0.15) is 5.75 Å². The van der Waals surface area contributed by atoms with E-state index in [0.29, 0.717) is 12.0 Å². The lowest BCUT2D eigenvalue weighted by atomic mass is 10.0. The number of carbonyl (C=O) groups excluding carboxylic acids is 1. The summed E-state index contributed by atoms with van der Waals surface area (Å²) >= 11 is 0. The van der Waals surface area contributed by atoms with E-state index in [0.717, 1.165) is 31.7 Å². The third kappa shape index (κ3) is 4.89. The summed E-state index contributed by atoms with van der Waals surface area (Å²) in [7, 11) is 1.92. The largest absolute Gasteiger partial charge is 0.484 e. The number of carbonyl (C=O) groups is 1. The van der Waals surface area contributed by atoms with Crippen LogP contribution in [0, 0.1) is 0 Å². The van der Waals surface area contributed by atoms with Crippen LogP contribution in [0.25, 0.3) is 0 Å². The second kappa shape index (κ2) is 9.01. The van der Waals surface area contributed by atoms with Gasteiger partial charge in [-0.25, -0.2) is 0 Å². The molecule has 0 radical (unpaired) electrons. The average Bonchev–Trinajstić information content (AvgIpc) is 2.94. The van der Waals surface area contributed by atoms with Crippen molar-refractivity contribution < 1.29 is 9.53 Å². The second-order valence-corrected chi connectivity index (χ2v) is 5.95. The van der Waals surface area contributed by atoms with Crippen LogP contribution in [0.4, 0.5) is 0 Å². The predicted octanol–water partition coefficient (Wildman–Crippen LogP) is 2.82. The van der Waals surface area contributed by atoms with E-state index in [2.05, 4.69) is 31.3 Å². The lowest BCUT2D eigenvalue weighted by Crippen LogP contribution is -2.43. The Labute approximate surface area is 139 Å². The fourth-order valence-corrected chi connectivity index (χ4v) is 2.79. The maximum absolute atomic E-state index is 12.3. The Bertz CT molecular complexity index is 462. The van der Waals surface area contributed by atoms with Gasteiger partial charge in [0.2, 0.25) is 0 Å². The number of nitrogens with one attached hydrogen (secondary N) is 1. The maximum atomic E-state index is 12.3. The number of ether oxygens (including phenoxy) is 1. The van der Waals surface area contributed by atoms with E-state index >= 15 is 0 Å². The molecule has 4 nitrogen and oxygen atoms in total. The van der Waals surface area contributed by atoms with E-state index in [1.807, 2.05) is 24.1 Å². The predicted molar refractivity (Wildman–Crippen MR) is 91.9 cm³/mol. The first-order chi connectivity index (χ1) is 10.1. The molecule has 0 saturated carbocycles. The van der Waals surface area contributed by atoms with Gasteiger partial charge in [-0.15, -0.1) is 12.4 Å². The molecule has 22 heavy (non-hydrogen) atoms. The molecule has 1 aliphatic heterocycles. The smallest absolute Gasteiger partial charge is 0.260 e. The van der Waals surface area contributed by atoms with Gasteiger partial charge in [0.25, 0.3) is 5.91 Å². The number of benzene rings is 1. The van der Waals surface area contributed by atoms with Crippen molar-refractivity contribution >= 4 is 18.3 Å². The number of amides is 1. The summed E-state index contributed by atoms with van der Waals surface area (Å²) in [6, 6.07) is 8.32. The van der Waals surface area contributed by atoms with Crippen LogP contribution in [0.5, 0.6) is 5.75 Å². The zero-order chi connectivity index (χ0) is 15.2. The van der Waals surface area contributed by atoms with Gasteiger partial charge in [-0.1, -0.05) is 26.0 Å². The molecule has 1 aromatic carbocycles. The molecule has 5 heteroatoms. The highest BCUT2D eigenvalue weighted by Crippen LogP contribution is 2.20. The Balaban J connectivity index is 0.00000242. The maximum Gasteiger partial charge on any atom is 0.260 e. The second-order valence-electron chi connectivity index (χ2n) is 5.95. The molecule has 1 aromatic rings. The van der Waals surface area contributed by atoms with E-state index in [1.54, 1.807) is 0 Å². The summed E-state index contributed by atoms with van der Waals surface area (Å²) in [4.78, 5) is 14.2. The molecular formula is C17H27ClN2O2. The molecule has 0 aliphatic carbocycles. The Morgan fingerprint density at radius 2 is 2.05 bits per heavy atom. The van der Waals surface area contributed by atoms with Crippen molar-refractivity contribution in [2.45, 2.75) is 38.6 Å². The van der Waals surface area contributed by atoms with Gasteiger partial charge in [0.15, 0.2) is 6.61 Å². The van der Waals surface area contributed by atoms with Crippen molar-refractivity contribution in [1.82, 2.24) is 10.2 Å². The van der Waals surface area contributed by atoms with E-state index in [4.69, 9.17) is 4.74 Å².